The third kappa shape index (κ3) is 2.37. The summed E-state index contributed by atoms with van der Waals surface area (Å²) in [5.74, 6) is -0.820. The van der Waals surface area contributed by atoms with Gasteiger partial charge in [-0.15, -0.1) is 0 Å². The van der Waals surface area contributed by atoms with Gasteiger partial charge in [-0.05, 0) is 31.9 Å². The lowest BCUT2D eigenvalue weighted by atomic mass is 9.83. The molecule has 0 unspecified atom stereocenters. The van der Waals surface area contributed by atoms with Gasteiger partial charge < -0.3 is 10.5 Å². The number of halogens is 1. The van der Waals surface area contributed by atoms with Crippen LogP contribution in [0.5, 0.6) is 0 Å². The number of ketones is 1. The molecule has 2 rings (SSSR count). The number of ether oxygens (including phenoxy) is 1. The van der Waals surface area contributed by atoms with E-state index in [4.69, 9.17) is 10.5 Å². The van der Waals surface area contributed by atoms with E-state index in [1.54, 1.807) is 12.1 Å². The highest BCUT2D eigenvalue weighted by atomic mass is 19.1. The molecule has 0 radical (unpaired) electrons. The molecule has 1 saturated heterocycles. The monoisotopic (exact) mass is 237 g/mol. The Kier molecular flexibility index (Phi) is 3.26. The van der Waals surface area contributed by atoms with Gasteiger partial charge in [0.05, 0.1) is 11.1 Å². The van der Waals surface area contributed by atoms with Crippen molar-refractivity contribution < 1.29 is 13.9 Å². The fourth-order valence-corrected chi connectivity index (χ4v) is 2.04. The van der Waals surface area contributed by atoms with Crippen molar-refractivity contribution >= 4 is 5.78 Å². The SMILES string of the molecule is Cc1ccc(F)c(C(=O)C2(N)CCOCC2)c1. The lowest BCUT2D eigenvalue weighted by molar-refractivity contribution is 0.0445. The second-order valence-electron chi connectivity index (χ2n) is 4.58. The Labute approximate surface area is 99.8 Å². The van der Waals surface area contributed by atoms with Crippen LogP contribution >= 0.6 is 0 Å². The van der Waals surface area contributed by atoms with Crippen molar-refractivity contribution in [3.05, 3.63) is 35.1 Å². The molecule has 0 aromatic heterocycles. The number of aryl methyl sites for hydroxylation is 1. The molecule has 1 heterocycles. The molecule has 0 bridgehead atoms. The summed E-state index contributed by atoms with van der Waals surface area (Å²) >= 11 is 0. The Balaban J connectivity index is 2.32. The van der Waals surface area contributed by atoms with Crippen molar-refractivity contribution in [2.75, 3.05) is 13.2 Å². The second kappa shape index (κ2) is 4.55. The number of rotatable bonds is 2. The second-order valence-corrected chi connectivity index (χ2v) is 4.58. The quantitative estimate of drug-likeness (QED) is 0.798. The summed E-state index contributed by atoms with van der Waals surface area (Å²) < 4.78 is 18.8. The van der Waals surface area contributed by atoms with E-state index in [-0.39, 0.29) is 11.3 Å². The first-order valence-corrected chi connectivity index (χ1v) is 5.70. The summed E-state index contributed by atoms with van der Waals surface area (Å²) in [5, 5.41) is 0. The van der Waals surface area contributed by atoms with Crippen LogP contribution < -0.4 is 5.73 Å². The van der Waals surface area contributed by atoms with Gasteiger partial charge in [0.15, 0.2) is 5.78 Å². The van der Waals surface area contributed by atoms with E-state index in [9.17, 15) is 9.18 Å². The largest absolute Gasteiger partial charge is 0.381 e. The molecule has 1 aliphatic heterocycles. The first-order chi connectivity index (χ1) is 8.03. The van der Waals surface area contributed by atoms with Crippen LogP contribution in [0.25, 0.3) is 0 Å². The lowest BCUT2D eigenvalue weighted by Crippen LogP contribution is -2.52. The predicted octanol–water partition coefficient (Wildman–Crippen LogP) is 1.82. The number of hydrogen-bond acceptors (Lipinski definition) is 3. The number of carbonyl (C=O) groups is 1. The number of nitrogens with two attached hydrogens (primary N) is 1. The first kappa shape index (κ1) is 12.2. The van der Waals surface area contributed by atoms with Crippen molar-refractivity contribution in [2.45, 2.75) is 25.3 Å². The highest BCUT2D eigenvalue weighted by Gasteiger charge is 2.37. The Hall–Kier alpha value is -1.26. The Bertz CT molecular complexity index is 439. The van der Waals surface area contributed by atoms with Crippen molar-refractivity contribution in [3.8, 4) is 0 Å². The molecular weight excluding hydrogens is 221 g/mol. The van der Waals surface area contributed by atoms with Gasteiger partial charge >= 0.3 is 0 Å². The van der Waals surface area contributed by atoms with E-state index in [1.807, 2.05) is 6.92 Å². The Morgan fingerprint density at radius 2 is 2.06 bits per heavy atom. The highest BCUT2D eigenvalue weighted by molar-refractivity contribution is 6.03. The molecule has 1 aromatic rings. The topological polar surface area (TPSA) is 52.3 Å². The fraction of sp³-hybridized carbons (Fsp3) is 0.462. The van der Waals surface area contributed by atoms with Gasteiger partial charge in [0, 0.05) is 13.2 Å². The molecule has 1 fully saturated rings. The van der Waals surface area contributed by atoms with Gasteiger partial charge in [-0.3, -0.25) is 4.79 Å². The summed E-state index contributed by atoms with van der Waals surface area (Å²) in [6.45, 7) is 2.73. The highest BCUT2D eigenvalue weighted by Crippen LogP contribution is 2.24. The summed E-state index contributed by atoms with van der Waals surface area (Å²) in [7, 11) is 0. The van der Waals surface area contributed by atoms with Crippen LogP contribution in [0.4, 0.5) is 4.39 Å². The average molecular weight is 237 g/mol. The van der Waals surface area contributed by atoms with Gasteiger partial charge in [0.25, 0.3) is 0 Å². The molecular formula is C13H16FNO2. The zero-order chi connectivity index (χ0) is 12.5. The van der Waals surface area contributed by atoms with E-state index in [0.29, 0.717) is 26.1 Å². The van der Waals surface area contributed by atoms with Crippen molar-refractivity contribution in [1.82, 2.24) is 0 Å². The number of benzene rings is 1. The molecule has 0 spiro atoms. The third-order valence-electron chi connectivity index (χ3n) is 3.20. The van der Waals surface area contributed by atoms with E-state index in [1.165, 1.54) is 6.07 Å². The van der Waals surface area contributed by atoms with Crippen molar-refractivity contribution in [2.24, 2.45) is 5.73 Å². The van der Waals surface area contributed by atoms with Crippen LogP contribution in [0.1, 0.15) is 28.8 Å². The molecule has 3 nitrogen and oxygen atoms in total. The van der Waals surface area contributed by atoms with Gasteiger partial charge in [0.2, 0.25) is 0 Å². The molecule has 0 saturated carbocycles. The minimum absolute atomic E-state index is 0.0920. The molecule has 0 amide bonds. The molecule has 0 aliphatic carbocycles. The third-order valence-corrected chi connectivity index (χ3v) is 3.20. The molecule has 1 aromatic carbocycles. The van der Waals surface area contributed by atoms with Crippen LogP contribution in [0, 0.1) is 12.7 Å². The van der Waals surface area contributed by atoms with E-state index in [2.05, 4.69) is 0 Å². The summed E-state index contributed by atoms with van der Waals surface area (Å²) in [5.41, 5.74) is 6.02. The van der Waals surface area contributed by atoms with Crippen molar-refractivity contribution in [3.63, 3.8) is 0 Å². The Morgan fingerprint density at radius 1 is 1.41 bits per heavy atom. The van der Waals surface area contributed by atoms with Crippen LogP contribution in [0.3, 0.4) is 0 Å². The van der Waals surface area contributed by atoms with Gasteiger partial charge in [-0.2, -0.15) is 0 Å². The first-order valence-electron chi connectivity index (χ1n) is 5.70. The predicted molar refractivity (Wildman–Crippen MR) is 62.4 cm³/mol. The summed E-state index contributed by atoms with van der Waals surface area (Å²) in [6, 6.07) is 4.51. The summed E-state index contributed by atoms with van der Waals surface area (Å²) in [4.78, 5) is 12.3. The normalized spacial score (nSPS) is 19.0. The number of Topliss-reactive ketones (excluding diaryl/α,β-unsaturated/α-hetero) is 1. The van der Waals surface area contributed by atoms with Gasteiger partial charge in [0.1, 0.15) is 5.82 Å². The lowest BCUT2D eigenvalue weighted by Gasteiger charge is -2.31. The standard InChI is InChI=1S/C13H16FNO2/c1-9-2-3-11(14)10(8-9)12(16)13(15)4-6-17-7-5-13/h2-3,8H,4-7,15H2,1H3. The number of hydrogen-bond donors (Lipinski definition) is 1. The zero-order valence-corrected chi connectivity index (χ0v) is 9.83. The smallest absolute Gasteiger partial charge is 0.185 e. The Morgan fingerprint density at radius 3 is 2.71 bits per heavy atom. The maximum absolute atomic E-state index is 13.6. The molecule has 0 atom stereocenters. The maximum atomic E-state index is 13.6. The number of carbonyl (C=O) groups excluding carboxylic acids is 1. The minimum Gasteiger partial charge on any atom is -0.381 e. The van der Waals surface area contributed by atoms with Gasteiger partial charge in [-0.1, -0.05) is 11.6 Å². The van der Waals surface area contributed by atoms with Gasteiger partial charge in [-0.25, -0.2) is 4.39 Å². The molecule has 1 aliphatic rings. The zero-order valence-electron chi connectivity index (χ0n) is 9.83. The van der Waals surface area contributed by atoms with Crippen LogP contribution in [0.15, 0.2) is 18.2 Å². The van der Waals surface area contributed by atoms with E-state index < -0.39 is 11.4 Å². The van der Waals surface area contributed by atoms with Crippen LogP contribution in [-0.2, 0) is 4.74 Å². The van der Waals surface area contributed by atoms with Crippen LogP contribution in [-0.4, -0.2) is 24.5 Å². The van der Waals surface area contributed by atoms with Crippen molar-refractivity contribution in [1.29, 1.82) is 0 Å². The fourth-order valence-electron chi connectivity index (χ4n) is 2.04. The molecule has 2 N–H and O–H groups in total. The summed E-state index contributed by atoms with van der Waals surface area (Å²) in [6.07, 6.45) is 0.887. The van der Waals surface area contributed by atoms with E-state index >= 15 is 0 Å². The molecule has 17 heavy (non-hydrogen) atoms. The maximum Gasteiger partial charge on any atom is 0.185 e. The van der Waals surface area contributed by atoms with E-state index in [0.717, 1.165) is 5.56 Å². The minimum atomic E-state index is -0.979. The average Bonchev–Trinajstić information content (AvgIpc) is 2.32. The molecule has 92 valence electrons. The molecule has 4 heteroatoms. The van der Waals surface area contributed by atoms with Crippen LogP contribution in [0.2, 0.25) is 0 Å².